The summed E-state index contributed by atoms with van der Waals surface area (Å²) in [5, 5.41) is 19.6. The Bertz CT molecular complexity index is 1170. The SMILES string of the molecule is N#C[C@@](O)(c1ccc(F)cc1F)C(F)(F)c1ccc(-c2ccc(OCC(F)(F)F)cc2)cn1. The molecule has 0 fully saturated rings. The Labute approximate surface area is 182 Å². The van der Waals surface area contributed by atoms with Gasteiger partial charge >= 0.3 is 12.1 Å². The predicted molar refractivity (Wildman–Crippen MR) is 101 cm³/mol. The molecule has 0 bridgehead atoms. The maximum Gasteiger partial charge on any atom is 0.422 e. The van der Waals surface area contributed by atoms with E-state index in [-0.39, 0.29) is 17.4 Å². The summed E-state index contributed by atoms with van der Waals surface area (Å²) in [6.07, 6.45) is -3.53. The van der Waals surface area contributed by atoms with E-state index in [1.54, 1.807) is 0 Å². The van der Waals surface area contributed by atoms with Gasteiger partial charge in [-0.1, -0.05) is 18.2 Å². The average molecular weight is 470 g/mol. The van der Waals surface area contributed by atoms with Gasteiger partial charge in [-0.3, -0.25) is 4.98 Å². The highest BCUT2D eigenvalue weighted by molar-refractivity contribution is 5.63. The Morgan fingerprint density at radius 2 is 1.55 bits per heavy atom. The monoisotopic (exact) mass is 470 g/mol. The second-order valence-corrected chi connectivity index (χ2v) is 6.88. The lowest BCUT2D eigenvalue weighted by Crippen LogP contribution is -2.43. The van der Waals surface area contributed by atoms with Gasteiger partial charge in [-0.25, -0.2) is 8.78 Å². The van der Waals surface area contributed by atoms with Gasteiger partial charge in [0, 0.05) is 23.4 Å². The molecule has 1 heterocycles. The summed E-state index contributed by atoms with van der Waals surface area (Å²) in [6, 6.07) is 9.60. The van der Waals surface area contributed by atoms with Gasteiger partial charge in [-0.2, -0.15) is 27.2 Å². The van der Waals surface area contributed by atoms with Crippen molar-refractivity contribution in [2.45, 2.75) is 17.7 Å². The van der Waals surface area contributed by atoms with Gasteiger partial charge in [0.15, 0.2) is 6.61 Å². The van der Waals surface area contributed by atoms with Crippen LogP contribution in [0.3, 0.4) is 0 Å². The van der Waals surface area contributed by atoms with Crippen LogP contribution in [0.2, 0.25) is 0 Å². The van der Waals surface area contributed by atoms with Gasteiger partial charge in [-0.15, -0.1) is 0 Å². The molecule has 0 aliphatic rings. The maximum atomic E-state index is 15.0. The van der Waals surface area contributed by atoms with E-state index < -0.39 is 47.2 Å². The molecule has 1 N–H and O–H groups in total. The third-order valence-electron chi connectivity index (χ3n) is 4.61. The third-order valence-corrected chi connectivity index (χ3v) is 4.61. The zero-order valence-electron chi connectivity index (χ0n) is 16.4. The molecule has 11 heteroatoms. The van der Waals surface area contributed by atoms with E-state index in [0.29, 0.717) is 17.7 Å². The first-order chi connectivity index (χ1) is 15.4. The number of aromatic nitrogens is 1. The number of rotatable bonds is 6. The summed E-state index contributed by atoms with van der Waals surface area (Å²) in [5.74, 6) is -7.08. The van der Waals surface area contributed by atoms with Gasteiger partial charge in [0.1, 0.15) is 29.1 Å². The van der Waals surface area contributed by atoms with Crippen molar-refractivity contribution in [3.05, 3.63) is 83.7 Å². The number of pyridine rings is 1. The van der Waals surface area contributed by atoms with Crippen molar-refractivity contribution in [1.29, 1.82) is 5.26 Å². The molecule has 0 amide bonds. The van der Waals surface area contributed by atoms with Crippen molar-refractivity contribution in [1.82, 2.24) is 4.98 Å². The fourth-order valence-corrected chi connectivity index (χ4v) is 2.93. The molecule has 0 spiro atoms. The van der Waals surface area contributed by atoms with E-state index in [0.717, 1.165) is 18.3 Å². The van der Waals surface area contributed by atoms with Crippen molar-refractivity contribution in [3.8, 4) is 22.9 Å². The largest absolute Gasteiger partial charge is 0.484 e. The minimum atomic E-state index is -4.51. The molecular weight excluding hydrogens is 457 g/mol. The summed E-state index contributed by atoms with van der Waals surface area (Å²) in [7, 11) is 0. The molecule has 0 radical (unpaired) electrons. The summed E-state index contributed by atoms with van der Waals surface area (Å²) in [4.78, 5) is 3.57. The summed E-state index contributed by atoms with van der Waals surface area (Å²) in [6.45, 7) is -1.48. The number of hydrogen-bond acceptors (Lipinski definition) is 4. The maximum absolute atomic E-state index is 15.0. The summed E-state index contributed by atoms with van der Waals surface area (Å²) >= 11 is 0. The number of nitrogens with zero attached hydrogens (tertiary/aromatic N) is 2. The first-order valence-electron chi connectivity index (χ1n) is 9.11. The van der Waals surface area contributed by atoms with E-state index in [4.69, 9.17) is 0 Å². The van der Waals surface area contributed by atoms with Crippen LogP contribution in [0.1, 0.15) is 11.3 Å². The van der Waals surface area contributed by atoms with E-state index in [2.05, 4.69) is 9.72 Å². The molecule has 2 aromatic carbocycles. The number of alkyl halides is 5. The van der Waals surface area contributed by atoms with Crippen molar-refractivity contribution in [2.75, 3.05) is 6.61 Å². The fraction of sp³-hybridized carbons (Fsp3) is 0.182. The van der Waals surface area contributed by atoms with Crippen LogP contribution in [0, 0.1) is 23.0 Å². The molecular formula is C22H13F7N2O2. The first-order valence-corrected chi connectivity index (χ1v) is 9.11. The van der Waals surface area contributed by atoms with Crippen molar-refractivity contribution in [2.24, 2.45) is 0 Å². The minimum absolute atomic E-state index is 0.0624. The van der Waals surface area contributed by atoms with Gasteiger partial charge in [-0.05, 0) is 35.9 Å². The lowest BCUT2D eigenvalue weighted by molar-refractivity contribution is -0.166. The molecule has 0 aliphatic carbocycles. The predicted octanol–water partition coefficient (Wildman–Crippen LogP) is 5.47. The molecule has 33 heavy (non-hydrogen) atoms. The lowest BCUT2D eigenvalue weighted by Gasteiger charge is -2.30. The second kappa shape index (κ2) is 8.71. The molecule has 3 aromatic rings. The van der Waals surface area contributed by atoms with Gasteiger partial charge in [0.25, 0.3) is 0 Å². The number of nitriles is 1. The summed E-state index contributed by atoms with van der Waals surface area (Å²) in [5.41, 5.74) is -5.19. The first kappa shape index (κ1) is 24.0. The van der Waals surface area contributed by atoms with Crippen LogP contribution in [-0.4, -0.2) is 22.9 Å². The van der Waals surface area contributed by atoms with E-state index in [9.17, 15) is 32.3 Å². The van der Waals surface area contributed by atoms with Crippen LogP contribution >= 0.6 is 0 Å². The van der Waals surface area contributed by atoms with Crippen LogP contribution in [-0.2, 0) is 11.5 Å². The zero-order valence-corrected chi connectivity index (χ0v) is 16.4. The molecule has 4 nitrogen and oxygen atoms in total. The molecule has 0 saturated heterocycles. The van der Waals surface area contributed by atoms with Gasteiger partial charge in [0.2, 0.25) is 5.60 Å². The van der Waals surface area contributed by atoms with Crippen LogP contribution in [0.25, 0.3) is 11.1 Å². The highest BCUT2D eigenvalue weighted by Gasteiger charge is 2.58. The molecule has 172 valence electrons. The average Bonchev–Trinajstić information content (AvgIpc) is 2.77. The summed E-state index contributed by atoms with van der Waals surface area (Å²) < 4.78 is 98.4. The van der Waals surface area contributed by atoms with Gasteiger partial charge < -0.3 is 9.84 Å². The van der Waals surface area contributed by atoms with Gasteiger partial charge in [0.05, 0.1) is 0 Å². The molecule has 0 saturated carbocycles. The molecule has 1 aromatic heterocycles. The number of halogens is 7. The van der Waals surface area contributed by atoms with Crippen LogP contribution in [0.5, 0.6) is 5.75 Å². The Morgan fingerprint density at radius 3 is 2.06 bits per heavy atom. The zero-order chi connectivity index (χ0) is 24.4. The van der Waals surface area contributed by atoms with Crippen molar-refractivity contribution in [3.63, 3.8) is 0 Å². The van der Waals surface area contributed by atoms with E-state index >= 15 is 8.78 Å². The molecule has 0 aliphatic heterocycles. The van der Waals surface area contributed by atoms with Crippen LogP contribution < -0.4 is 4.74 Å². The lowest BCUT2D eigenvalue weighted by atomic mass is 9.86. The van der Waals surface area contributed by atoms with Crippen LogP contribution in [0.15, 0.2) is 60.8 Å². The standard InChI is InChI=1S/C22H13F7N2O2/c23-15-4-7-17(18(24)9-15)20(32,11-30)22(28,29)19-8-3-14(10-31-19)13-1-5-16(6-2-13)33-12-21(25,26)27/h1-10,32H,12H2/t20-/m1/s1. The number of ether oxygens (including phenoxy) is 1. The Morgan fingerprint density at radius 1 is 0.909 bits per heavy atom. The Hall–Kier alpha value is -3.65. The number of benzene rings is 2. The smallest absolute Gasteiger partial charge is 0.422 e. The van der Waals surface area contributed by atoms with Crippen molar-refractivity contribution < 1.29 is 40.6 Å². The second-order valence-electron chi connectivity index (χ2n) is 6.88. The minimum Gasteiger partial charge on any atom is -0.484 e. The highest BCUT2D eigenvalue weighted by atomic mass is 19.4. The molecule has 0 unspecified atom stereocenters. The topological polar surface area (TPSA) is 66.1 Å². The fourth-order valence-electron chi connectivity index (χ4n) is 2.93. The Kier molecular flexibility index (Phi) is 6.33. The normalized spacial score (nSPS) is 13.8. The molecule has 3 rings (SSSR count). The Balaban J connectivity index is 1.87. The molecule has 1 atom stereocenters. The number of hydrogen-bond donors (Lipinski definition) is 1. The van der Waals surface area contributed by atoms with Crippen molar-refractivity contribution >= 4 is 0 Å². The third kappa shape index (κ3) is 4.90. The highest BCUT2D eigenvalue weighted by Crippen LogP contribution is 2.45. The van der Waals surface area contributed by atoms with Crippen LogP contribution in [0.4, 0.5) is 30.7 Å². The number of aliphatic hydroxyl groups is 1. The quantitative estimate of drug-likeness (QED) is 0.383. The van der Waals surface area contributed by atoms with E-state index in [1.807, 2.05) is 0 Å². The van der Waals surface area contributed by atoms with E-state index in [1.165, 1.54) is 30.3 Å².